The Balaban J connectivity index is 2.01. The number of aliphatic hydroxyl groups is 1. The van der Waals surface area contributed by atoms with Gasteiger partial charge in [-0.2, -0.15) is 0 Å². The molecule has 2 fully saturated rings. The van der Waals surface area contributed by atoms with Gasteiger partial charge in [-0.25, -0.2) is 4.79 Å². The predicted octanol–water partition coefficient (Wildman–Crippen LogP) is -1.22. The van der Waals surface area contributed by atoms with Gasteiger partial charge in [-0.1, -0.05) is 0 Å². The molecule has 2 rings (SSSR count). The first kappa shape index (κ1) is 11.3. The van der Waals surface area contributed by atoms with E-state index in [0.717, 1.165) is 6.42 Å². The van der Waals surface area contributed by atoms with Gasteiger partial charge < -0.3 is 20.4 Å². The van der Waals surface area contributed by atoms with E-state index in [4.69, 9.17) is 5.11 Å². The van der Waals surface area contributed by atoms with Crippen LogP contribution < -0.4 is 5.32 Å². The summed E-state index contributed by atoms with van der Waals surface area (Å²) in [7, 11) is 0. The Kier molecular flexibility index (Phi) is 3.11. The molecule has 3 N–H and O–H groups in total. The lowest BCUT2D eigenvalue weighted by molar-refractivity contribution is -0.148. The number of amides is 1. The Morgan fingerprint density at radius 1 is 1.38 bits per heavy atom. The first-order valence-electron chi connectivity index (χ1n) is 5.54. The summed E-state index contributed by atoms with van der Waals surface area (Å²) in [4.78, 5) is 24.3. The van der Waals surface area contributed by atoms with Gasteiger partial charge in [-0.3, -0.25) is 4.79 Å². The van der Waals surface area contributed by atoms with E-state index in [2.05, 4.69) is 5.32 Å². The number of hydrogen-bond acceptors (Lipinski definition) is 4. The lowest BCUT2D eigenvalue weighted by atomic mass is 10.1. The third kappa shape index (κ3) is 2.03. The Bertz CT molecular complexity index is 307. The fourth-order valence-electron chi connectivity index (χ4n) is 2.39. The van der Waals surface area contributed by atoms with Crippen LogP contribution in [0.25, 0.3) is 0 Å². The number of hydrogen-bond donors (Lipinski definition) is 3. The summed E-state index contributed by atoms with van der Waals surface area (Å²) in [6.45, 7) is 0.909. The number of aliphatic hydroxyl groups excluding tert-OH is 1. The van der Waals surface area contributed by atoms with E-state index in [0.29, 0.717) is 25.9 Å². The molecule has 2 heterocycles. The monoisotopic (exact) mass is 228 g/mol. The second-order valence-corrected chi connectivity index (χ2v) is 4.38. The number of aliphatic carboxylic acids is 1. The molecule has 0 bridgehead atoms. The molecule has 6 nitrogen and oxygen atoms in total. The van der Waals surface area contributed by atoms with Crippen molar-refractivity contribution in [2.75, 3.05) is 13.1 Å². The first-order valence-corrected chi connectivity index (χ1v) is 5.54. The molecule has 6 heteroatoms. The summed E-state index contributed by atoms with van der Waals surface area (Å²) in [6, 6.07) is -1.11. The molecule has 3 unspecified atom stereocenters. The number of carbonyl (C=O) groups excluding carboxylic acids is 1. The first-order chi connectivity index (χ1) is 7.59. The van der Waals surface area contributed by atoms with Crippen molar-refractivity contribution < 1.29 is 19.8 Å². The summed E-state index contributed by atoms with van der Waals surface area (Å²) in [5, 5.41) is 21.2. The van der Waals surface area contributed by atoms with E-state index in [1.807, 2.05) is 0 Å². The van der Waals surface area contributed by atoms with E-state index in [1.54, 1.807) is 0 Å². The van der Waals surface area contributed by atoms with Crippen LogP contribution in [0.2, 0.25) is 0 Å². The highest BCUT2D eigenvalue weighted by Gasteiger charge is 2.39. The molecule has 0 saturated carbocycles. The maximum atomic E-state index is 12.0. The Morgan fingerprint density at radius 2 is 2.12 bits per heavy atom. The molecule has 16 heavy (non-hydrogen) atoms. The molecular formula is C10H16N2O4. The molecule has 0 radical (unpaired) electrons. The fraction of sp³-hybridized carbons (Fsp3) is 0.800. The maximum Gasteiger partial charge on any atom is 0.326 e. The molecule has 0 aromatic heterocycles. The number of carboxylic acids is 1. The number of nitrogens with one attached hydrogen (secondary N) is 1. The molecule has 3 atom stereocenters. The van der Waals surface area contributed by atoms with Crippen molar-refractivity contribution in [1.29, 1.82) is 0 Å². The van der Waals surface area contributed by atoms with Crippen molar-refractivity contribution in [1.82, 2.24) is 10.2 Å². The summed E-state index contributed by atoms with van der Waals surface area (Å²) in [6.07, 6.45) is 1.13. The zero-order valence-electron chi connectivity index (χ0n) is 8.93. The molecule has 0 spiro atoms. The molecule has 0 aromatic carbocycles. The SMILES string of the molecule is O=C(O)C1CCCN1C(=O)C1CC(O)CN1. The second kappa shape index (κ2) is 4.39. The van der Waals surface area contributed by atoms with Crippen LogP contribution in [-0.2, 0) is 9.59 Å². The Labute approximate surface area is 93.2 Å². The smallest absolute Gasteiger partial charge is 0.326 e. The molecular weight excluding hydrogens is 212 g/mol. The summed E-state index contributed by atoms with van der Waals surface area (Å²) in [5.74, 6) is -1.13. The van der Waals surface area contributed by atoms with Crippen LogP contribution >= 0.6 is 0 Å². The third-order valence-electron chi connectivity index (χ3n) is 3.23. The maximum absolute atomic E-state index is 12.0. The highest BCUT2D eigenvalue weighted by atomic mass is 16.4. The quantitative estimate of drug-likeness (QED) is 0.551. The van der Waals surface area contributed by atoms with E-state index in [9.17, 15) is 14.7 Å². The van der Waals surface area contributed by atoms with Crippen molar-refractivity contribution in [3.8, 4) is 0 Å². The molecule has 1 amide bonds. The van der Waals surface area contributed by atoms with Crippen molar-refractivity contribution in [2.45, 2.75) is 37.5 Å². The highest BCUT2D eigenvalue weighted by molar-refractivity contribution is 5.87. The lowest BCUT2D eigenvalue weighted by Crippen LogP contribution is -2.48. The standard InChI is InChI=1S/C10H16N2O4/c13-6-4-7(11-5-6)9(14)12-3-1-2-8(12)10(15)16/h6-8,11,13H,1-5H2,(H,15,16). The largest absolute Gasteiger partial charge is 0.480 e. The van der Waals surface area contributed by atoms with E-state index in [-0.39, 0.29) is 5.91 Å². The number of carboxylic acid groups (broad SMARTS) is 1. The molecule has 2 saturated heterocycles. The van der Waals surface area contributed by atoms with Gasteiger partial charge in [-0.05, 0) is 19.3 Å². The number of likely N-dealkylation sites (tertiary alicyclic amines) is 1. The van der Waals surface area contributed by atoms with Gasteiger partial charge in [0.15, 0.2) is 0 Å². The minimum absolute atomic E-state index is 0.193. The van der Waals surface area contributed by atoms with Crippen molar-refractivity contribution in [2.24, 2.45) is 0 Å². The van der Waals surface area contributed by atoms with Crippen LogP contribution in [-0.4, -0.2) is 58.3 Å². The van der Waals surface area contributed by atoms with Crippen LogP contribution in [0, 0.1) is 0 Å². The summed E-state index contributed by atoms with van der Waals surface area (Å²) < 4.78 is 0. The minimum Gasteiger partial charge on any atom is -0.480 e. The molecule has 0 aliphatic carbocycles. The molecule has 0 aromatic rings. The van der Waals surface area contributed by atoms with Crippen LogP contribution in [0.15, 0.2) is 0 Å². The number of carbonyl (C=O) groups is 2. The van der Waals surface area contributed by atoms with Crippen molar-refractivity contribution >= 4 is 11.9 Å². The predicted molar refractivity (Wildman–Crippen MR) is 54.8 cm³/mol. The average molecular weight is 228 g/mol. The Morgan fingerprint density at radius 3 is 2.69 bits per heavy atom. The number of rotatable bonds is 2. The average Bonchev–Trinajstić information content (AvgIpc) is 2.84. The second-order valence-electron chi connectivity index (χ2n) is 4.38. The highest BCUT2D eigenvalue weighted by Crippen LogP contribution is 2.20. The van der Waals surface area contributed by atoms with E-state index < -0.39 is 24.2 Å². The van der Waals surface area contributed by atoms with Crippen molar-refractivity contribution in [3.05, 3.63) is 0 Å². The van der Waals surface area contributed by atoms with Crippen LogP contribution in [0.1, 0.15) is 19.3 Å². The number of β-amino-alcohol motifs (C(OH)–C–C–N with tert-alkyl or cyclic N) is 1. The van der Waals surface area contributed by atoms with Gasteiger partial charge >= 0.3 is 5.97 Å². The van der Waals surface area contributed by atoms with Crippen LogP contribution in [0.4, 0.5) is 0 Å². The zero-order chi connectivity index (χ0) is 11.7. The summed E-state index contributed by atoms with van der Waals surface area (Å²) in [5.41, 5.74) is 0. The minimum atomic E-state index is -0.940. The van der Waals surface area contributed by atoms with Gasteiger partial charge in [0.05, 0.1) is 12.1 Å². The van der Waals surface area contributed by atoms with Gasteiger partial charge in [-0.15, -0.1) is 0 Å². The molecule has 2 aliphatic heterocycles. The van der Waals surface area contributed by atoms with E-state index >= 15 is 0 Å². The third-order valence-corrected chi connectivity index (χ3v) is 3.23. The van der Waals surface area contributed by atoms with Crippen LogP contribution in [0.3, 0.4) is 0 Å². The van der Waals surface area contributed by atoms with Crippen molar-refractivity contribution in [3.63, 3.8) is 0 Å². The molecule has 2 aliphatic rings. The van der Waals surface area contributed by atoms with Gasteiger partial charge in [0.1, 0.15) is 6.04 Å². The summed E-state index contributed by atoms with van der Waals surface area (Å²) >= 11 is 0. The Hall–Kier alpha value is -1.14. The zero-order valence-corrected chi connectivity index (χ0v) is 8.93. The topological polar surface area (TPSA) is 89.9 Å². The fourth-order valence-corrected chi connectivity index (χ4v) is 2.39. The number of nitrogens with zero attached hydrogens (tertiary/aromatic N) is 1. The normalized spacial score (nSPS) is 34.3. The van der Waals surface area contributed by atoms with Crippen LogP contribution in [0.5, 0.6) is 0 Å². The van der Waals surface area contributed by atoms with Gasteiger partial charge in [0.2, 0.25) is 5.91 Å². The molecule has 90 valence electrons. The lowest BCUT2D eigenvalue weighted by Gasteiger charge is -2.24. The van der Waals surface area contributed by atoms with Gasteiger partial charge in [0, 0.05) is 13.1 Å². The van der Waals surface area contributed by atoms with E-state index in [1.165, 1.54) is 4.90 Å². The van der Waals surface area contributed by atoms with Gasteiger partial charge in [0.25, 0.3) is 0 Å².